The molecule has 0 fully saturated rings. The van der Waals surface area contributed by atoms with Gasteiger partial charge in [0.05, 0.1) is 6.20 Å². The zero-order valence-electron chi connectivity index (χ0n) is 5.85. The first-order valence-electron chi connectivity index (χ1n) is 3.20. The first-order valence-corrected chi connectivity index (χ1v) is 3.73. The Labute approximate surface area is 69.2 Å². The highest BCUT2D eigenvalue weighted by Gasteiger charge is 2.00. The van der Waals surface area contributed by atoms with Crippen molar-refractivity contribution in [2.24, 2.45) is 0 Å². The Morgan fingerprint density at radius 2 is 2.36 bits per heavy atom. The zero-order valence-corrected chi connectivity index (χ0v) is 6.61. The van der Waals surface area contributed by atoms with Crippen LogP contribution < -0.4 is 5.73 Å². The largest absolute Gasteiger partial charge is 0.383 e. The molecule has 11 heavy (non-hydrogen) atoms. The summed E-state index contributed by atoms with van der Waals surface area (Å²) in [6.45, 7) is 0. The molecule has 0 spiro atoms. The number of anilines is 1. The summed E-state index contributed by atoms with van der Waals surface area (Å²) in [7, 11) is 0. The minimum atomic E-state index is -0.376. The Balaban J connectivity index is 2.93. The van der Waals surface area contributed by atoms with Gasteiger partial charge in [-0.15, -0.1) is 11.6 Å². The van der Waals surface area contributed by atoms with Crippen molar-refractivity contribution in [2.75, 3.05) is 11.6 Å². The monoisotopic (exact) mass is 174 g/mol. The van der Waals surface area contributed by atoms with Gasteiger partial charge in [0.1, 0.15) is 11.6 Å². The zero-order chi connectivity index (χ0) is 8.27. The third-order valence-electron chi connectivity index (χ3n) is 1.33. The Kier molecular flexibility index (Phi) is 2.65. The molecule has 1 rings (SSSR count). The first kappa shape index (κ1) is 8.27. The van der Waals surface area contributed by atoms with Crippen LogP contribution in [0.3, 0.4) is 0 Å². The molecule has 0 atom stereocenters. The van der Waals surface area contributed by atoms with E-state index in [4.69, 9.17) is 17.3 Å². The van der Waals surface area contributed by atoms with Crippen molar-refractivity contribution in [3.63, 3.8) is 0 Å². The van der Waals surface area contributed by atoms with Crippen LogP contribution in [-0.4, -0.2) is 10.9 Å². The van der Waals surface area contributed by atoms with Gasteiger partial charge in [0.2, 0.25) is 0 Å². The van der Waals surface area contributed by atoms with E-state index in [9.17, 15) is 4.39 Å². The minimum Gasteiger partial charge on any atom is -0.383 e. The molecule has 2 N–H and O–H groups in total. The van der Waals surface area contributed by atoms with Crippen LogP contribution in [0.25, 0.3) is 0 Å². The molecular formula is C7H8ClFN2. The van der Waals surface area contributed by atoms with Crippen LogP contribution in [-0.2, 0) is 6.42 Å². The number of pyridine rings is 1. The van der Waals surface area contributed by atoms with Gasteiger partial charge in [-0.05, 0) is 18.1 Å². The van der Waals surface area contributed by atoms with Crippen LogP contribution in [0.4, 0.5) is 10.2 Å². The van der Waals surface area contributed by atoms with E-state index in [1.807, 2.05) is 0 Å². The third kappa shape index (κ3) is 2.05. The Hall–Kier alpha value is -0.830. The summed E-state index contributed by atoms with van der Waals surface area (Å²) >= 11 is 5.45. The van der Waals surface area contributed by atoms with E-state index in [1.165, 1.54) is 6.07 Å². The normalized spacial score (nSPS) is 10.0. The summed E-state index contributed by atoms with van der Waals surface area (Å²) in [5.74, 6) is 0.404. The van der Waals surface area contributed by atoms with Gasteiger partial charge in [-0.1, -0.05) is 0 Å². The number of halogens is 2. The van der Waals surface area contributed by atoms with Crippen molar-refractivity contribution in [1.82, 2.24) is 4.98 Å². The summed E-state index contributed by atoms with van der Waals surface area (Å²) in [5.41, 5.74) is 6.11. The van der Waals surface area contributed by atoms with E-state index in [0.29, 0.717) is 23.7 Å². The van der Waals surface area contributed by atoms with Crippen molar-refractivity contribution >= 4 is 17.4 Å². The molecule has 1 aromatic rings. The third-order valence-corrected chi connectivity index (χ3v) is 1.52. The maximum Gasteiger partial charge on any atom is 0.141 e. The van der Waals surface area contributed by atoms with Crippen LogP contribution in [0.5, 0.6) is 0 Å². The van der Waals surface area contributed by atoms with Gasteiger partial charge in [0, 0.05) is 5.88 Å². The van der Waals surface area contributed by atoms with Crippen LogP contribution in [0, 0.1) is 5.82 Å². The molecule has 4 heteroatoms. The van der Waals surface area contributed by atoms with Gasteiger partial charge < -0.3 is 5.73 Å². The van der Waals surface area contributed by atoms with Gasteiger partial charge in [-0.3, -0.25) is 0 Å². The van der Waals surface area contributed by atoms with Crippen LogP contribution in [0.1, 0.15) is 5.56 Å². The Morgan fingerprint density at radius 1 is 1.64 bits per heavy atom. The molecule has 60 valence electrons. The quantitative estimate of drug-likeness (QED) is 0.692. The lowest BCUT2D eigenvalue weighted by Gasteiger charge is -2.00. The average molecular weight is 175 g/mol. The second kappa shape index (κ2) is 3.53. The number of nitrogens with zero attached hydrogens (tertiary/aromatic N) is 1. The fourth-order valence-electron chi connectivity index (χ4n) is 0.794. The van der Waals surface area contributed by atoms with Crippen LogP contribution in [0.15, 0.2) is 12.3 Å². The summed E-state index contributed by atoms with van der Waals surface area (Å²) < 4.78 is 12.5. The fraction of sp³-hybridized carbons (Fsp3) is 0.286. The predicted octanol–water partition coefficient (Wildman–Crippen LogP) is 1.58. The molecule has 2 nitrogen and oxygen atoms in total. The van der Waals surface area contributed by atoms with E-state index >= 15 is 0 Å². The Bertz CT molecular complexity index is 252. The number of nitrogens with two attached hydrogens (primary N) is 1. The van der Waals surface area contributed by atoms with Crippen molar-refractivity contribution < 1.29 is 4.39 Å². The minimum absolute atomic E-state index is 0.354. The summed E-state index contributed by atoms with van der Waals surface area (Å²) in [6.07, 6.45) is 1.64. The molecule has 0 aliphatic carbocycles. The maximum atomic E-state index is 12.5. The smallest absolute Gasteiger partial charge is 0.141 e. The lowest BCUT2D eigenvalue weighted by molar-refractivity contribution is 0.619. The molecule has 0 aliphatic rings. The number of aryl methyl sites for hydroxylation is 1. The van der Waals surface area contributed by atoms with E-state index in [2.05, 4.69) is 4.98 Å². The average Bonchev–Trinajstić information content (AvgIpc) is 1.98. The second-order valence-corrected chi connectivity index (χ2v) is 2.51. The van der Waals surface area contributed by atoms with Crippen molar-refractivity contribution in [1.29, 1.82) is 0 Å². The highest BCUT2D eigenvalue weighted by molar-refractivity contribution is 6.18. The number of hydrogen-bond donors (Lipinski definition) is 1. The van der Waals surface area contributed by atoms with Gasteiger partial charge >= 0.3 is 0 Å². The maximum absolute atomic E-state index is 12.5. The number of alkyl halides is 1. The molecule has 0 aliphatic heterocycles. The molecule has 0 radical (unpaired) electrons. The molecule has 0 saturated carbocycles. The van der Waals surface area contributed by atoms with Crippen molar-refractivity contribution in [3.8, 4) is 0 Å². The van der Waals surface area contributed by atoms with E-state index < -0.39 is 0 Å². The second-order valence-electron chi connectivity index (χ2n) is 2.14. The highest BCUT2D eigenvalue weighted by atomic mass is 35.5. The summed E-state index contributed by atoms with van der Waals surface area (Å²) in [4.78, 5) is 3.64. The Morgan fingerprint density at radius 3 is 3.00 bits per heavy atom. The first-order chi connectivity index (χ1) is 5.24. The summed E-state index contributed by atoms with van der Waals surface area (Å²) in [6, 6.07) is 1.35. The summed E-state index contributed by atoms with van der Waals surface area (Å²) in [5, 5.41) is 0. The highest BCUT2D eigenvalue weighted by Crippen LogP contribution is 2.10. The molecule has 0 aromatic carbocycles. The number of nitrogen functional groups attached to an aromatic ring is 1. The molecule has 1 heterocycles. The van der Waals surface area contributed by atoms with Crippen LogP contribution in [0.2, 0.25) is 0 Å². The number of aromatic nitrogens is 1. The van der Waals surface area contributed by atoms with E-state index in [1.54, 1.807) is 0 Å². The van der Waals surface area contributed by atoms with Crippen molar-refractivity contribution in [2.45, 2.75) is 6.42 Å². The van der Waals surface area contributed by atoms with E-state index in [-0.39, 0.29) is 5.82 Å². The van der Waals surface area contributed by atoms with Crippen LogP contribution >= 0.6 is 11.6 Å². The standard InChI is InChI=1S/C7H8ClFN2/c8-2-1-5-3-6(9)4-11-7(5)10/h3-4H,1-2H2,(H2,10,11). The molecule has 0 bridgehead atoms. The van der Waals surface area contributed by atoms with Crippen molar-refractivity contribution in [3.05, 3.63) is 23.6 Å². The number of hydrogen-bond acceptors (Lipinski definition) is 2. The van der Waals surface area contributed by atoms with Gasteiger partial charge in [-0.25, -0.2) is 9.37 Å². The lowest BCUT2D eigenvalue weighted by Crippen LogP contribution is -1.99. The lowest BCUT2D eigenvalue weighted by atomic mass is 10.2. The molecule has 0 unspecified atom stereocenters. The fourth-order valence-corrected chi connectivity index (χ4v) is 0.997. The topological polar surface area (TPSA) is 38.9 Å². The van der Waals surface area contributed by atoms with E-state index in [0.717, 1.165) is 6.20 Å². The molecule has 0 saturated heterocycles. The molecule has 1 aromatic heterocycles. The van der Waals surface area contributed by atoms with Gasteiger partial charge in [-0.2, -0.15) is 0 Å². The molecular weight excluding hydrogens is 167 g/mol. The number of rotatable bonds is 2. The predicted molar refractivity (Wildman–Crippen MR) is 43.0 cm³/mol. The van der Waals surface area contributed by atoms with Gasteiger partial charge in [0.15, 0.2) is 0 Å². The van der Waals surface area contributed by atoms with Gasteiger partial charge in [0.25, 0.3) is 0 Å². The molecule has 0 amide bonds. The SMILES string of the molecule is Nc1ncc(F)cc1CCCl.